The lowest BCUT2D eigenvalue weighted by Gasteiger charge is -2.22. The van der Waals surface area contributed by atoms with Crippen molar-refractivity contribution in [1.82, 2.24) is 5.32 Å². The van der Waals surface area contributed by atoms with E-state index in [0.29, 0.717) is 13.2 Å². The zero-order valence-corrected chi connectivity index (χ0v) is 15.3. The molecule has 0 spiro atoms. The summed E-state index contributed by atoms with van der Waals surface area (Å²) in [5.41, 5.74) is 2.79. The van der Waals surface area contributed by atoms with Crippen molar-refractivity contribution in [2.24, 2.45) is 5.92 Å². The third-order valence-electron chi connectivity index (χ3n) is 4.46. The maximum atomic E-state index is 12.2. The fraction of sp³-hybridized carbons (Fsp3) is 0.381. The van der Waals surface area contributed by atoms with Crippen LogP contribution >= 0.6 is 0 Å². The van der Waals surface area contributed by atoms with Crippen molar-refractivity contribution in [3.05, 3.63) is 54.6 Å². The van der Waals surface area contributed by atoms with Crippen molar-refractivity contribution in [3.63, 3.8) is 0 Å². The molecule has 2 aromatic carbocycles. The first-order valence-electron chi connectivity index (χ1n) is 9.24. The third kappa shape index (κ3) is 5.49. The fourth-order valence-electron chi connectivity index (χ4n) is 2.74. The summed E-state index contributed by atoms with van der Waals surface area (Å²) in [5, 5.41) is 5.84. The smallest absolute Gasteiger partial charge is 0.319 e. The van der Waals surface area contributed by atoms with Gasteiger partial charge < -0.3 is 20.3 Å². The predicted molar refractivity (Wildman–Crippen MR) is 106 cm³/mol. The molecule has 0 heterocycles. The van der Waals surface area contributed by atoms with Crippen LogP contribution in [0.15, 0.2) is 54.6 Å². The van der Waals surface area contributed by atoms with Crippen LogP contribution in [0.1, 0.15) is 19.3 Å². The lowest BCUT2D eigenvalue weighted by Crippen LogP contribution is -2.30. The second kappa shape index (κ2) is 9.25. The van der Waals surface area contributed by atoms with Crippen LogP contribution in [0.3, 0.4) is 0 Å². The van der Waals surface area contributed by atoms with Crippen molar-refractivity contribution in [1.29, 1.82) is 0 Å². The highest BCUT2D eigenvalue weighted by Gasteiger charge is 2.20. The molecule has 0 atom stereocenters. The molecule has 2 aromatic rings. The molecular weight excluding hydrogens is 326 g/mol. The van der Waals surface area contributed by atoms with Gasteiger partial charge in [-0.2, -0.15) is 0 Å². The van der Waals surface area contributed by atoms with Crippen LogP contribution in [0, 0.1) is 5.92 Å². The first-order chi connectivity index (χ1) is 12.7. The molecule has 2 N–H and O–H groups in total. The summed E-state index contributed by atoms with van der Waals surface area (Å²) in [7, 11) is 1.99. The first kappa shape index (κ1) is 18.3. The minimum absolute atomic E-state index is 0.193. The highest BCUT2D eigenvalue weighted by atomic mass is 16.5. The molecule has 0 saturated heterocycles. The highest BCUT2D eigenvalue weighted by molar-refractivity contribution is 5.94. The van der Waals surface area contributed by atoms with E-state index in [-0.39, 0.29) is 6.03 Å². The van der Waals surface area contributed by atoms with Gasteiger partial charge in [-0.1, -0.05) is 30.3 Å². The lowest BCUT2D eigenvalue weighted by molar-refractivity contribution is 0.122. The van der Waals surface area contributed by atoms with Crippen molar-refractivity contribution in [3.8, 4) is 0 Å². The van der Waals surface area contributed by atoms with Gasteiger partial charge >= 0.3 is 6.03 Å². The van der Waals surface area contributed by atoms with E-state index in [1.165, 1.54) is 12.8 Å². The van der Waals surface area contributed by atoms with E-state index < -0.39 is 0 Å². The number of nitrogens with one attached hydrogen (secondary N) is 2. The van der Waals surface area contributed by atoms with Crippen LogP contribution in [0.4, 0.5) is 21.9 Å². The van der Waals surface area contributed by atoms with Crippen LogP contribution in [-0.4, -0.2) is 32.8 Å². The van der Waals surface area contributed by atoms with Crippen LogP contribution in [-0.2, 0) is 4.74 Å². The average molecular weight is 353 g/mol. The molecule has 0 bridgehead atoms. The molecule has 0 radical (unpaired) electrons. The van der Waals surface area contributed by atoms with Gasteiger partial charge in [-0.3, -0.25) is 0 Å². The summed E-state index contributed by atoms with van der Waals surface area (Å²) < 4.78 is 5.58. The molecule has 26 heavy (non-hydrogen) atoms. The Balaban J connectivity index is 1.48. The van der Waals surface area contributed by atoms with Gasteiger partial charge in [-0.15, -0.1) is 0 Å². The van der Waals surface area contributed by atoms with Crippen molar-refractivity contribution < 1.29 is 9.53 Å². The largest absolute Gasteiger partial charge is 0.381 e. The number of rotatable bonds is 9. The summed E-state index contributed by atoms with van der Waals surface area (Å²) in [5.74, 6) is 0.782. The molecule has 5 nitrogen and oxygen atoms in total. The van der Waals surface area contributed by atoms with E-state index in [0.717, 1.165) is 36.0 Å². The topological polar surface area (TPSA) is 53.6 Å². The molecule has 1 aliphatic rings. The minimum Gasteiger partial charge on any atom is -0.381 e. The third-order valence-corrected chi connectivity index (χ3v) is 4.46. The molecule has 138 valence electrons. The predicted octanol–water partition coefficient (Wildman–Crippen LogP) is 4.39. The standard InChI is InChI=1S/C21H27N3O2/c1-24(18-8-3-2-4-9-18)20-11-6-5-10-19(20)23-21(25)22-14-7-15-26-16-17-12-13-17/h2-6,8-11,17H,7,12-16H2,1H3,(H2,22,23,25). The van der Waals surface area contributed by atoms with Gasteiger partial charge in [0, 0.05) is 32.5 Å². The fourth-order valence-corrected chi connectivity index (χ4v) is 2.74. The van der Waals surface area contributed by atoms with Crippen molar-refractivity contribution in [2.75, 3.05) is 37.0 Å². The van der Waals surface area contributed by atoms with Gasteiger partial charge in [0.05, 0.1) is 11.4 Å². The van der Waals surface area contributed by atoms with Crippen molar-refractivity contribution >= 4 is 23.1 Å². The Morgan fingerprint density at radius 3 is 2.62 bits per heavy atom. The number of urea groups is 1. The number of carbonyl (C=O) groups excluding carboxylic acids is 1. The maximum Gasteiger partial charge on any atom is 0.319 e. The normalized spacial score (nSPS) is 13.3. The van der Waals surface area contributed by atoms with E-state index in [1.54, 1.807) is 0 Å². The van der Waals surface area contributed by atoms with Crippen LogP contribution in [0.25, 0.3) is 0 Å². The second-order valence-electron chi connectivity index (χ2n) is 6.66. The second-order valence-corrected chi connectivity index (χ2v) is 6.66. The quantitative estimate of drug-likeness (QED) is 0.657. The molecule has 0 unspecified atom stereocenters. The number of anilines is 3. The van der Waals surface area contributed by atoms with Crippen LogP contribution in [0.2, 0.25) is 0 Å². The van der Waals surface area contributed by atoms with Gasteiger partial charge in [0.15, 0.2) is 0 Å². The summed E-state index contributed by atoms with van der Waals surface area (Å²) in [6.07, 6.45) is 3.43. The van der Waals surface area contributed by atoms with Crippen LogP contribution < -0.4 is 15.5 Å². The van der Waals surface area contributed by atoms with Gasteiger partial charge in [0.25, 0.3) is 0 Å². The number of carbonyl (C=O) groups is 1. The molecule has 2 amide bonds. The number of ether oxygens (including phenoxy) is 1. The van der Waals surface area contributed by atoms with Gasteiger partial charge in [0.1, 0.15) is 0 Å². The molecule has 0 aliphatic heterocycles. The Labute approximate surface area is 155 Å². The van der Waals surface area contributed by atoms with Gasteiger partial charge in [0.2, 0.25) is 0 Å². The Hall–Kier alpha value is -2.53. The average Bonchev–Trinajstić information content (AvgIpc) is 3.49. The molecule has 3 rings (SSSR count). The van der Waals surface area contributed by atoms with Gasteiger partial charge in [-0.05, 0) is 49.4 Å². The number of hydrogen-bond donors (Lipinski definition) is 2. The van der Waals surface area contributed by atoms with E-state index in [9.17, 15) is 4.79 Å². The molecule has 1 fully saturated rings. The first-order valence-corrected chi connectivity index (χ1v) is 9.24. The summed E-state index contributed by atoms with van der Waals surface area (Å²) in [4.78, 5) is 14.3. The number of nitrogens with zero attached hydrogens (tertiary/aromatic N) is 1. The number of hydrogen-bond acceptors (Lipinski definition) is 3. The maximum absolute atomic E-state index is 12.2. The molecular formula is C21H27N3O2. The summed E-state index contributed by atoms with van der Waals surface area (Å²) >= 11 is 0. The number of amides is 2. The molecule has 1 saturated carbocycles. The highest BCUT2D eigenvalue weighted by Crippen LogP contribution is 2.30. The molecule has 5 heteroatoms. The Bertz CT molecular complexity index is 701. The Morgan fingerprint density at radius 2 is 1.85 bits per heavy atom. The Kier molecular flexibility index (Phi) is 6.50. The van der Waals surface area contributed by atoms with E-state index in [2.05, 4.69) is 15.5 Å². The van der Waals surface area contributed by atoms with Crippen LogP contribution in [0.5, 0.6) is 0 Å². The van der Waals surface area contributed by atoms with Gasteiger partial charge in [-0.25, -0.2) is 4.79 Å². The molecule has 1 aliphatic carbocycles. The Morgan fingerprint density at radius 1 is 1.12 bits per heavy atom. The minimum atomic E-state index is -0.193. The molecule has 0 aromatic heterocycles. The zero-order valence-electron chi connectivity index (χ0n) is 15.3. The van der Waals surface area contributed by atoms with Crippen molar-refractivity contribution in [2.45, 2.75) is 19.3 Å². The SMILES string of the molecule is CN(c1ccccc1)c1ccccc1NC(=O)NCCCOCC1CC1. The summed E-state index contributed by atoms with van der Waals surface area (Å²) in [6, 6.07) is 17.7. The number of benzene rings is 2. The van der Waals surface area contributed by atoms with E-state index >= 15 is 0 Å². The summed E-state index contributed by atoms with van der Waals surface area (Å²) in [6.45, 7) is 2.17. The number of para-hydroxylation sites is 3. The van der Waals surface area contributed by atoms with E-state index in [4.69, 9.17) is 4.74 Å². The van der Waals surface area contributed by atoms with E-state index in [1.807, 2.05) is 61.6 Å². The zero-order chi connectivity index (χ0) is 18.2. The monoisotopic (exact) mass is 353 g/mol. The lowest BCUT2D eigenvalue weighted by atomic mass is 10.2.